The van der Waals surface area contributed by atoms with Gasteiger partial charge in [-0.3, -0.25) is 0 Å². The van der Waals surface area contributed by atoms with E-state index in [1.165, 1.54) is 25.7 Å². The summed E-state index contributed by atoms with van der Waals surface area (Å²) < 4.78 is 5.75. The highest BCUT2D eigenvalue weighted by molar-refractivity contribution is 4.82. The molecule has 2 fully saturated rings. The van der Waals surface area contributed by atoms with E-state index < -0.39 is 0 Å². The molecule has 88 valence electrons. The predicted molar refractivity (Wildman–Crippen MR) is 59.9 cm³/mol. The highest BCUT2D eigenvalue weighted by Crippen LogP contribution is 2.21. The molecule has 0 aromatic heterocycles. The zero-order chi connectivity index (χ0) is 10.5. The lowest BCUT2D eigenvalue weighted by atomic mass is 10.2. The lowest BCUT2D eigenvalue weighted by Crippen LogP contribution is -2.37. The van der Waals surface area contributed by atoms with E-state index in [0.717, 1.165) is 32.4 Å². The SMILES string of the molecule is O[C@@H]1CCC[C@H]1NCCOC1CCCC1. The monoisotopic (exact) mass is 213 g/mol. The molecule has 0 aliphatic heterocycles. The molecule has 0 bridgehead atoms. The molecule has 2 aliphatic rings. The van der Waals surface area contributed by atoms with Crippen molar-refractivity contribution in [2.24, 2.45) is 0 Å². The Labute approximate surface area is 92.2 Å². The van der Waals surface area contributed by atoms with Gasteiger partial charge in [0.2, 0.25) is 0 Å². The van der Waals surface area contributed by atoms with Crippen LogP contribution < -0.4 is 5.32 Å². The second-order valence-electron chi connectivity index (χ2n) is 4.84. The van der Waals surface area contributed by atoms with Gasteiger partial charge in [0, 0.05) is 12.6 Å². The number of hydrogen-bond donors (Lipinski definition) is 2. The van der Waals surface area contributed by atoms with Gasteiger partial charge in [-0.25, -0.2) is 0 Å². The van der Waals surface area contributed by atoms with Crippen molar-refractivity contribution in [2.45, 2.75) is 63.2 Å². The van der Waals surface area contributed by atoms with Gasteiger partial charge >= 0.3 is 0 Å². The summed E-state index contributed by atoms with van der Waals surface area (Å²) in [5.74, 6) is 0. The zero-order valence-electron chi connectivity index (χ0n) is 9.45. The van der Waals surface area contributed by atoms with Crippen LogP contribution in [-0.2, 0) is 4.74 Å². The van der Waals surface area contributed by atoms with E-state index in [9.17, 15) is 5.11 Å². The van der Waals surface area contributed by atoms with E-state index in [1.54, 1.807) is 0 Å². The van der Waals surface area contributed by atoms with Gasteiger partial charge in [-0.2, -0.15) is 0 Å². The molecule has 0 unspecified atom stereocenters. The number of ether oxygens (including phenoxy) is 1. The molecule has 3 nitrogen and oxygen atoms in total. The number of hydrogen-bond acceptors (Lipinski definition) is 3. The molecule has 0 spiro atoms. The van der Waals surface area contributed by atoms with Crippen molar-refractivity contribution < 1.29 is 9.84 Å². The van der Waals surface area contributed by atoms with Crippen LogP contribution >= 0.6 is 0 Å². The molecular weight excluding hydrogens is 190 g/mol. The summed E-state index contributed by atoms with van der Waals surface area (Å²) in [6, 6.07) is 0.317. The van der Waals surface area contributed by atoms with Crippen LogP contribution in [0.1, 0.15) is 44.9 Å². The predicted octanol–water partition coefficient (Wildman–Crippen LogP) is 1.45. The second-order valence-corrected chi connectivity index (χ2v) is 4.84. The number of aliphatic hydroxyl groups excluding tert-OH is 1. The number of rotatable bonds is 5. The molecule has 15 heavy (non-hydrogen) atoms. The third-order valence-electron chi connectivity index (χ3n) is 3.64. The highest BCUT2D eigenvalue weighted by Gasteiger charge is 2.24. The topological polar surface area (TPSA) is 41.5 Å². The van der Waals surface area contributed by atoms with Crippen molar-refractivity contribution >= 4 is 0 Å². The maximum Gasteiger partial charge on any atom is 0.0693 e. The van der Waals surface area contributed by atoms with Crippen molar-refractivity contribution in [3.8, 4) is 0 Å². The van der Waals surface area contributed by atoms with Gasteiger partial charge < -0.3 is 15.2 Å². The second kappa shape index (κ2) is 5.83. The lowest BCUT2D eigenvalue weighted by molar-refractivity contribution is 0.0558. The molecule has 2 rings (SSSR count). The fraction of sp³-hybridized carbons (Fsp3) is 1.00. The van der Waals surface area contributed by atoms with Crippen molar-refractivity contribution in [3.63, 3.8) is 0 Å². The van der Waals surface area contributed by atoms with Crippen LogP contribution in [-0.4, -0.2) is 36.5 Å². The smallest absolute Gasteiger partial charge is 0.0693 e. The standard InChI is InChI=1S/C12H23NO2/c14-12-7-3-6-11(12)13-8-9-15-10-4-1-2-5-10/h10-14H,1-9H2/t11-,12-/m1/s1. The Kier molecular flexibility index (Phi) is 4.42. The Morgan fingerprint density at radius 2 is 1.87 bits per heavy atom. The molecule has 0 saturated heterocycles. The van der Waals surface area contributed by atoms with Gasteiger partial charge in [-0.1, -0.05) is 12.8 Å². The fourth-order valence-corrected chi connectivity index (χ4v) is 2.70. The van der Waals surface area contributed by atoms with E-state index in [1.807, 2.05) is 0 Å². The third kappa shape index (κ3) is 3.44. The van der Waals surface area contributed by atoms with Crippen molar-refractivity contribution in [1.82, 2.24) is 5.32 Å². The first kappa shape index (κ1) is 11.4. The Bertz CT molecular complexity index is 180. The Morgan fingerprint density at radius 1 is 1.07 bits per heavy atom. The molecule has 0 heterocycles. The third-order valence-corrected chi connectivity index (χ3v) is 3.64. The molecule has 2 saturated carbocycles. The van der Waals surface area contributed by atoms with Crippen LogP contribution in [0.25, 0.3) is 0 Å². The van der Waals surface area contributed by atoms with E-state index in [-0.39, 0.29) is 6.10 Å². The first-order valence-corrected chi connectivity index (χ1v) is 6.39. The summed E-state index contributed by atoms with van der Waals surface area (Å²) >= 11 is 0. The van der Waals surface area contributed by atoms with Crippen molar-refractivity contribution in [3.05, 3.63) is 0 Å². The van der Waals surface area contributed by atoms with E-state index in [2.05, 4.69) is 5.32 Å². The van der Waals surface area contributed by atoms with Gasteiger partial charge in [0.25, 0.3) is 0 Å². The van der Waals surface area contributed by atoms with Crippen LogP contribution in [0.15, 0.2) is 0 Å². The molecule has 2 aliphatic carbocycles. The van der Waals surface area contributed by atoms with Gasteiger partial charge in [-0.15, -0.1) is 0 Å². The van der Waals surface area contributed by atoms with Crippen LogP contribution in [0.3, 0.4) is 0 Å². The summed E-state index contributed by atoms with van der Waals surface area (Å²) in [6.45, 7) is 1.69. The molecule has 0 radical (unpaired) electrons. The van der Waals surface area contributed by atoms with Crippen LogP contribution in [0.5, 0.6) is 0 Å². The van der Waals surface area contributed by atoms with Crippen molar-refractivity contribution in [1.29, 1.82) is 0 Å². The van der Waals surface area contributed by atoms with Gasteiger partial charge in [0.05, 0.1) is 18.8 Å². The number of aliphatic hydroxyl groups is 1. The Balaban J connectivity index is 1.51. The van der Waals surface area contributed by atoms with E-state index >= 15 is 0 Å². The van der Waals surface area contributed by atoms with Crippen molar-refractivity contribution in [2.75, 3.05) is 13.2 Å². The molecule has 3 heteroatoms. The van der Waals surface area contributed by atoms with Gasteiger partial charge in [-0.05, 0) is 32.1 Å². The van der Waals surface area contributed by atoms with Gasteiger partial charge in [0.15, 0.2) is 0 Å². The first-order chi connectivity index (χ1) is 7.36. The molecular formula is C12H23NO2. The summed E-state index contributed by atoms with van der Waals surface area (Å²) in [7, 11) is 0. The van der Waals surface area contributed by atoms with E-state index in [4.69, 9.17) is 4.74 Å². The average Bonchev–Trinajstić information content (AvgIpc) is 2.85. The van der Waals surface area contributed by atoms with Crippen LogP contribution in [0.2, 0.25) is 0 Å². The highest BCUT2D eigenvalue weighted by atomic mass is 16.5. The zero-order valence-corrected chi connectivity index (χ0v) is 9.45. The Morgan fingerprint density at radius 3 is 2.53 bits per heavy atom. The molecule has 0 aromatic carbocycles. The molecule has 2 N–H and O–H groups in total. The average molecular weight is 213 g/mol. The molecule has 2 atom stereocenters. The summed E-state index contributed by atoms with van der Waals surface area (Å²) in [4.78, 5) is 0. The molecule has 0 amide bonds. The minimum absolute atomic E-state index is 0.128. The Hall–Kier alpha value is -0.120. The minimum atomic E-state index is -0.128. The minimum Gasteiger partial charge on any atom is -0.392 e. The van der Waals surface area contributed by atoms with Crippen LogP contribution in [0.4, 0.5) is 0 Å². The first-order valence-electron chi connectivity index (χ1n) is 6.39. The summed E-state index contributed by atoms with van der Waals surface area (Å²) in [5, 5.41) is 13.0. The van der Waals surface area contributed by atoms with E-state index in [0.29, 0.717) is 12.1 Å². The maximum absolute atomic E-state index is 9.60. The van der Waals surface area contributed by atoms with Crippen LogP contribution in [0, 0.1) is 0 Å². The lowest BCUT2D eigenvalue weighted by Gasteiger charge is -2.17. The molecule has 0 aromatic rings. The van der Waals surface area contributed by atoms with Gasteiger partial charge in [0.1, 0.15) is 0 Å². The largest absolute Gasteiger partial charge is 0.392 e. The quantitative estimate of drug-likeness (QED) is 0.679. The summed E-state index contributed by atoms with van der Waals surface area (Å²) in [5.41, 5.74) is 0. The summed E-state index contributed by atoms with van der Waals surface area (Å²) in [6.07, 6.45) is 8.77. The fourth-order valence-electron chi connectivity index (χ4n) is 2.70. The number of nitrogens with one attached hydrogen (secondary N) is 1. The maximum atomic E-state index is 9.60. The normalized spacial score (nSPS) is 32.6.